The molecular weight excluding hydrogens is 322 g/mol. The second kappa shape index (κ2) is 12.0. The first kappa shape index (κ1) is 21.5. The van der Waals surface area contributed by atoms with E-state index in [4.69, 9.17) is 9.57 Å². The van der Waals surface area contributed by atoms with Gasteiger partial charge in [0.15, 0.2) is 6.61 Å². The van der Waals surface area contributed by atoms with Gasteiger partial charge in [0.2, 0.25) is 11.8 Å². The van der Waals surface area contributed by atoms with E-state index in [1.54, 1.807) is 39.5 Å². The van der Waals surface area contributed by atoms with Gasteiger partial charge in [-0.25, -0.2) is 4.79 Å². The minimum absolute atomic E-state index is 0.0357. The van der Waals surface area contributed by atoms with Crippen LogP contribution in [0.5, 0.6) is 0 Å². The highest BCUT2D eigenvalue weighted by molar-refractivity contribution is 7.99. The molecule has 0 aromatic carbocycles. The van der Waals surface area contributed by atoms with Crippen molar-refractivity contribution >= 4 is 29.7 Å². The maximum absolute atomic E-state index is 11.4. The summed E-state index contributed by atoms with van der Waals surface area (Å²) in [5, 5.41) is 5.42. The van der Waals surface area contributed by atoms with Gasteiger partial charge in [0.1, 0.15) is 5.60 Å². The predicted molar refractivity (Wildman–Crippen MR) is 89.0 cm³/mol. The molecule has 0 radical (unpaired) electrons. The molecule has 8 nitrogen and oxygen atoms in total. The molecule has 0 aliphatic heterocycles. The largest absolute Gasteiger partial charge is 0.442 e. The van der Waals surface area contributed by atoms with Gasteiger partial charge in [-0.1, -0.05) is 6.92 Å². The fourth-order valence-corrected chi connectivity index (χ4v) is 1.96. The van der Waals surface area contributed by atoms with E-state index in [0.29, 0.717) is 19.5 Å². The highest BCUT2D eigenvalue weighted by atomic mass is 32.2. The third kappa shape index (κ3) is 15.2. The van der Waals surface area contributed by atoms with Gasteiger partial charge in [-0.3, -0.25) is 14.4 Å². The molecule has 3 amide bonds. The fraction of sp³-hybridized carbons (Fsp3) is 0.786. The average molecular weight is 349 g/mol. The van der Waals surface area contributed by atoms with Crippen molar-refractivity contribution in [3.8, 4) is 0 Å². The second-order valence-electron chi connectivity index (χ2n) is 5.56. The van der Waals surface area contributed by atoms with E-state index < -0.39 is 11.7 Å². The maximum atomic E-state index is 11.4. The standard InChI is InChI=1S/C14H27N3O5S/c1-5-11(18)15-6-8-23-9-7-16-12(19)10-21-17-13(20)22-14(2,3)4/h5-10H2,1-4H3,(H,15,18)(H,16,19)(H,17,20). The van der Waals surface area contributed by atoms with Crippen molar-refractivity contribution in [3.63, 3.8) is 0 Å². The normalized spacial score (nSPS) is 10.8. The minimum atomic E-state index is -0.741. The molecule has 0 rings (SSSR count). The number of hydroxylamine groups is 1. The summed E-state index contributed by atoms with van der Waals surface area (Å²) in [6, 6.07) is 0. The Morgan fingerprint density at radius 1 is 1.00 bits per heavy atom. The summed E-state index contributed by atoms with van der Waals surface area (Å²) in [4.78, 5) is 38.4. The van der Waals surface area contributed by atoms with E-state index in [0.717, 1.165) is 11.5 Å². The SMILES string of the molecule is CCC(=O)NCCSCCNC(=O)CONC(=O)OC(C)(C)C. The number of hydrogen-bond donors (Lipinski definition) is 3. The fourth-order valence-electron chi connectivity index (χ4n) is 1.26. The van der Waals surface area contributed by atoms with Crippen molar-refractivity contribution in [1.82, 2.24) is 16.1 Å². The lowest BCUT2D eigenvalue weighted by Crippen LogP contribution is -2.36. The van der Waals surface area contributed by atoms with Crippen molar-refractivity contribution in [1.29, 1.82) is 0 Å². The molecule has 0 heterocycles. The molecule has 0 bridgehead atoms. The highest BCUT2D eigenvalue weighted by Crippen LogP contribution is 2.06. The van der Waals surface area contributed by atoms with Gasteiger partial charge in [0.25, 0.3) is 0 Å². The molecule has 0 atom stereocenters. The number of hydrogen-bond acceptors (Lipinski definition) is 6. The molecule has 0 aromatic rings. The van der Waals surface area contributed by atoms with Crippen LogP contribution in [-0.2, 0) is 19.2 Å². The van der Waals surface area contributed by atoms with Crippen molar-refractivity contribution in [3.05, 3.63) is 0 Å². The summed E-state index contributed by atoms with van der Waals surface area (Å²) in [7, 11) is 0. The van der Waals surface area contributed by atoms with Gasteiger partial charge in [-0.2, -0.15) is 17.2 Å². The van der Waals surface area contributed by atoms with Crippen molar-refractivity contribution in [2.24, 2.45) is 0 Å². The summed E-state index contributed by atoms with van der Waals surface area (Å²) < 4.78 is 4.94. The average Bonchev–Trinajstić information content (AvgIpc) is 2.43. The highest BCUT2D eigenvalue weighted by Gasteiger charge is 2.16. The first-order valence-electron chi connectivity index (χ1n) is 7.46. The van der Waals surface area contributed by atoms with Crippen molar-refractivity contribution in [2.75, 3.05) is 31.2 Å². The van der Waals surface area contributed by atoms with Gasteiger partial charge < -0.3 is 15.4 Å². The Kier molecular flexibility index (Phi) is 11.2. The number of rotatable bonds is 10. The number of ether oxygens (including phenoxy) is 1. The number of carbonyl (C=O) groups excluding carboxylic acids is 3. The Morgan fingerprint density at radius 2 is 1.57 bits per heavy atom. The first-order valence-corrected chi connectivity index (χ1v) is 8.62. The molecule has 9 heteroatoms. The van der Waals surface area contributed by atoms with E-state index in [1.165, 1.54) is 0 Å². The van der Waals surface area contributed by atoms with Gasteiger partial charge in [-0.15, -0.1) is 0 Å². The lowest BCUT2D eigenvalue weighted by Gasteiger charge is -2.19. The van der Waals surface area contributed by atoms with E-state index >= 15 is 0 Å². The third-order valence-electron chi connectivity index (χ3n) is 2.22. The van der Waals surface area contributed by atoms with E-state index in [9.17, 15) is 14.4 Å². The number of nitrogens with one attached hydrogen (secondary N) is 3. The predicted octanol–water partition coefficient (Wildman–Crippen LogP) is 0.818. The smallest absolute Gasteiger partial charge is 0.431 e. The van der Waals surface area contributed by atoms with Gasteiger partial charge in [-0.05, 0) is 20.8 Å². The van der Waals surface area contributed by atoms with Crippen LogP contribution in [0, 0.1) is 0 Å². The van der Waals surface area contributed by atoms with Crippen LogP contribution in [0.25, 0.3) is 0 Å². The first-order chi connectivity index (χ1) is 10.7. The van der Waals surface area contributed by atoms with E-state index in [2.05, 4.69) is 10.6 Å². The molecule has 3 N–H and O–H groups in total. The molecule has 0 spiro atoms. The molecule has 0 saturated heterocycles. The summed E-state index contributed by atoms with van der Waals surface area (Å²) in [5.74, 6) is 1.22. The van der Waals surface area contributed by atoms with Crippen LogP contribution in [-0.4, -0.2) is 54.7 Å². The molecule has 0 aliphatic carbocycles. The topological polar surface area (TPSA) is 106 Å². The summed E-state index contributed by atoms with van der Waals surface area (Å²) >= 11 is 1.62. The molecule has 0 aliphatic rings. The minimum Gasteiger partial charge on any atom is -0.442 e. The molecule has 0 aromatic heterocycles. The number of thioether (sulfide) groups is 1. The summed E-state index contributed by atoms with van der Waals surface area (Å²) in [5.41, 5.74) is 1.42. The summed E-state index contributed by atoms with van der Waals surface area (Å²) in [6.45, 7) is 7.81. The van der Waals surface area contributed by atoms with Crippen LogP contribution < -0.4 is 16.1 Å². The third-order valence-corrected chi connectivity index (χ3v) is 3.20. The zero-order valence-corrected chi connectivity index (χ0v) is 15.0. The van der Waals surface area contributed by atoms with Crippen LogP contribution in [0.1, 0.15) is 34.1 Å². The lowest BCUT2D eigenvalue weighted by atomic mass is 10.2. The van der Waals surface area contributed by atoms with E-state index in [-0.39, 0.29) is 18.4 Å². The maximum Gasteiger partial charge on any atom is 0.431 e. The van der Waals surface area contributed by atoms with Crippen molar-refractivity contribution in [2.45, 2.75) is 39.7 Å². The molecule has 0 fully saturated rings. The molecular formula is C14H27N3O5S. The van der Waals surface area contributed by atoms with Crippen LogP contribution in [0.3, 0.4) is 0 Å². The molecule has 134 valence electrons. The van der Waals surface area contributed by atoms with Crippen LogP contribution in [0.15, 0.2) is 0 Å². The van der Waals surface area contributed by atoms with Gasteiger partial charge in [0, 0.05) is 31.0 Å². The quantitative estimate of drug-likeness (QED) is 0.398. The van der Waals surface area contributed by atoms with Crippen LogP contribution in [0.4, 0.5) is 4.79 Å². The Balaban J connectivity index is 3.47. The Labute approximate surface area is 141 Å². The molecule has 0 saturated carbocycles. The summed E-state index contributed by atoms with van der Waals surface area (Å²) in [6.07, 6.45) is -0.257. The Morgan fingerprint density at radius 3 is 2.09 bits per heavy atom. The Bertz CT molecular complexity index is 385. The Hall–Kier alpha value is -1.48. The molecule has 23 heavy (non-hydrogen) atoms. The lowest BCUT2D eigenvalue weighted by molar-refractivity contribution is -0.128. The van der Waals surface area contributed by atoms with Gasteiger partial charge in [0.05, 0.1) is 0 Å². The zero-order valence-electron chi connectivity index (χ0n) is 14.2. The monoisotopic (exact) mass is 349 g/mol. The number of carbonyl (C=O) groups is 3. The van der Waals surface area contributed by atoms with Crippen LogP contribution in [0.2, 0.25) is 0 Å². The van der Waals surface area contributed by atoms with Gasteiger partial charge >= 0.3 is 6.09 Å². The van der Waals surface area contributed by atoms with Crippen LogP contribution >= 0.6 is 11.8 Å². The second-order valence-corrected chi connectivity index (χ2v) is 6.78. The zero-order chi connectivity index (χ0) is 17.7. The number of amides is 3. The van der Waals surface area contributed by atoms with E-state index in [1.807, 2.05) is 5.48 Å². The van der Waals surface area contributed by atoms with Crippen molar-refractivity contribution < 1.29 is 24.0 Å². The molecule has 0 unspecified atom stereocenters.